The molecular weight excluding hydrogens is 507 g/mol. The number of anilines is 2. The van der Waals surface area contributed by atoms with Gasteiger partial charge in [-0.1, -0.05) is 11.6 Å². The number of amides is 2. The second-order valence-electron chi connectivity index (χ2n) is 6.72. The summed E-state index contributed by atoms with van der Waals surface area (Å²) in [6.07, 6.45) is -0.245. The lowest BCUT2D eigenvalue weighted by molar-refractivity contribution is -0.120. The highest BCUT2D eigenvalue weighted by Crippen LogP contribution is 2.31. The maximum absolute atomic E-state index is 12.9. The van der Waals surface area contributed by atoms with Crippen LogP contribution in [0.25, 0.3) is 0 Å². The zero-order valence-corrected chi connectivity index (χ0v) is 18.9. The lowest BCUT2D eigenvalue weighted by Crippen LogP contribution is -2.32. The van der Waals surface area contributed by atoms with Crippen molar-refractivity contribution in [1.29, 1.82) is 0 Å². The fourth-order valence-corrected chi connectivity index (χ4v) is 3.64. The van der Waals surface area contributed by atoms with Crippen molar-refractivity contribution in [1.82, 2.24) is 0 Å². The molecule has 1 aliphatic rings. The van der Waals surface area contributed by atoms with Crippen LogP contribution in [0.2, 0.25) is 0 Å². The van der Waals surface area contributed by atoms with E-state index in [1.54, 1.807) is 13.8 Å². The molecule has 1 aliphatic heterocycles. The minimum absolute atomic E-state index is 0.0178. The van der Waals surface area contributed by atoms with Gasteiger partial charge in [-0.05, 0) is 91.4 Å². The smallest absolute Gasteiger partial charge is 0.338 e. The van der Waals surface area contributed by atoms with Gasteiger partial charge in [-0.3, -0.25) is 9.59 Å². The van der Waals surface area contributed by atoms with Crippen molar-refractivity contribution in [2.24, 2.45) is 0 Å². The van der Waals surface area contributed by atoms with E-state index in [0.717, 1.165) is 14.0 Å². The van der Waals surface area contributed by atoms with E-state index in [1.807, 2.05) is 25.1 Å². The number of halogens is 2. The van der Waals surface area contributed by atoms with Gasteiger partial charge in [-0.25, -0.2) is 9.69 Å². The molecule has 0 aromatic heterocycles. The summed E-state index contributed by atoms with van der Waals surface area (Å²) in [5, 5.41) is 2.79. The quantitative estimate of drug-likeness (QED) is 0.352. The number of nitrogens with zero attached hydrogens (tertiary/aromatic N) is 1. The summed E-state index contributed by atoms with van der Waals surface area (Å²) in [6, 6.07) is 11.7. The number of benzene rings is 2. The average Bonchev–Trinajstić information content (AvgIpc) is 2.86. The number of carbonyl (C=O) groups excluding carboxylic acids is 3. The third kappa shape index (κ3) is 4.45. The molecule has 2 aromatic rings. The SMILES string of the molecule is Cc1cc(I)ccc1NC1=C(Cl)C(=O)N(c2ccc(C(=O)OC(C)C)cc2)C1=O. The van der Waals surface area contributed by atoms with Gasteiger partial charge in [-0.2, -0.15) is 0 Å². The van der Waals surface area contributed by atoms with Crippen LogP contribution in [-0.2, 0) is 14.3 Å². The van der Waals surface area contributed by atoms with Crippen LogP contribution in [0.4, 0.5) is 11.4 Å². The predicted octanol–water partition coefficient (Wildman–Crippen LogP) is 4.60. The van der Waals surface area contributed by atoms with Gasteiger partial charge in [0, 0.05) is 9.26 Å². The van der Waals surface area contributed by atoms with E-state index in [2.05, 4.69) is 27.9 Å². The Morgan fingerprint density at radius 1 is 1.10 bits per heavy atom. The third-order valence-corrected chi connectivity index (χ3v) is 5.20. The molecule has 1 N–H and O–H groups in total. The first-order valence-corrected chi connectivity index (χ1v) is 10.3. The first-order valence-electron chi connectivity index (χ1n) is 8.82. The highest BCUT2D eigenvalue weighted by Gasteiger charge is 2.39. The molecule has 0 saturated carbocycles. The van der Waals surface area contributed by atoms with Crippen molar-refractivity contribution in [2.75, 3.05) is 10.2 Å². The molecule has 0 fully saturated rings. The largest absolute Gasteiger partial charge is 0.459 e. The van der Waals surface area contributed by atoms with Gasteiger partial charge in [0.2, 0.25) is 0 Å². The van der Waals surface area contributed by atoms with Crippen molar-refractivity contribution in [3.8, 4) is 0 Å². The van der Waals surface area contributed by atoms with Crippen LogP contribution in [0.3, 0.4) is 0 Å². The fourth-order valence-electron chi connectivity index (χ4n) is 2.78. The van der Waals surface area contributed by atoms with Gasteiger partial charge in [0.25, 0.3) is 11.8 Å². The first kappa shape index (κ1) is 21.3. The van der Waals surface area contributed by atoms with E-state index < -0.39 is 17.8 Å². The Hall–Kier alpha value is -2.39. The van der Waals surface area contributed by atoms with E-state index in [4.69, 9.17) is 16.3 Å². The van der Waals surface area contributed by atoms with E-state index in [0.29, 0.717) is 16.9 Å². The maximum Gasteiger partial charge on any atom is 0.338 e. The van der Waals surface area contributed by atoms with Crippen molar-refractivity contribution in [2.45, 2.75) is 26.9 Å². The highest BCUT2D eigenvalue weighted by molar-refractivity contribution is 14.1. The number of nitrogens with one attached hydrogen (secondary N) is 1. The summed E-state index contributed by atoms with van der Waals surface area (Å²) in [6.45, 7) is 5.41. The van der Waals surface area contributed by atoms with Crippen molar-refractivity contribution < 1.29 is 19.1 Å². The molecule has 0 spiro atoms. The molecule has 2 amide bonds. The molecule has 6 nitrogen and oxygen atoms in total. The molecule has 29 heavy (non-hydrogen) atoms. The van der Waals surface area contributed by atoms with Gasteiger partial charge in [0.15, 0.2) is 0 Å². The number of carbonyl (C=O) groups is 3. The van der Waals surface area contributed by atoms with Crippen LogP contribution >= 0.6 is 34.2 Å². The minimum Gasteiger partial charge on any atom is -0.459 e. The number of imide groups is 1. The molecule has 0 saturated heterocycles. The van der Waals surface area contributed by atoms with E-state index in [-0.39, 0.29) is 16.8 Å². The molecular formula is C21H18ClIN2O4. The van der Waals surface area contributed by atoms with E-state index in [9.17, 15) is 14.4 Å². The number of ether oxygens (including phenoxy) is 1. The Kier molecular flexibility index (Phi) is 6.28. The van der Waals surface area contributed by atoms with Gasteiger partial charge >= 0.3 is 5.97 Å². The summed E-state index contributed by atoms with van der Waals surface area (Å²) in [5.74, 6) is -1.66. The molecule has 0 bridgehead atoms. The molecule has 2 aromatic carbocycles. The second-order valence-corrected chi connectivity index (χ2v) is 8.34. The Morgan fingerprint density at radius 2 is 1.76 bits per heavy atom. The lowest BCUT2D eigenvalue weighted by atomic mass is 10.2. The fraction of sp³-hybridized carbons (Fsp3) is 0.190. The molecule has 3 rings (SSSR count). The van der Waals surface area contributed by atoms with Crippen molar-refractivity contribution in [3.63, 3.8) is 0 Å². The standard InChI is InChI=1S/C21H18ClIN2O4/c1-11(2)29-21(28)13-4-7-15(8-5-13)25-19(26)17(22)18(20(25)27)24-16-9-6-14(23)10-12(16)3/h4-11,24H,1-3H3. The highest BCUT2D eigenvalue weighted by atomic mass is 127. The molecule has 0 radical (unpaired) electrons. The lowest BCUT2D eigenvalue weighted by Gasteiger charge is -2.16. The van der Waals surface area contributed by atoms with Crippen LogP contribution in [0.15, 0.2) is 53.2 Å². The number of esters is 1. The van der Waals surface area contributed by atoms with Crippen LogP contribution < -0.4 is 10.2 Å². The van der Waals surface area contributed by atoms with Crippen LogP contribution in [0.1, 0.15) is 29.8 Å². The summed E-state index contributed by atoms with van der Waals surface area (Å²) in [4.78, 5) is 38.4. The zero-order valence-electron chi connectivity index (χ0n) is 16.0. The number of aryl methyl sites for hydroxylation is 1. The summed E-state index contributed by atoms with van der Waals surface area (Å²) in [5.41, 5.74) is 2.27. The molecule has 0 aliphatic carbocycles. The number of hydrogen-bond acceptors (Lipinski definition) is 5. The maximum atomic E-state index is 12.9. The predicted molar refractivity (Wildman–Crippen MR) is 120 cm³/mol. The number of hydrogen-bond donors (Lipinski definition) is 1. The molecule has 150 valence electrons. The van der Waals surface area contributed by atoms with Crippen molar-refractivity contribution in [3.05, 3.63) is 67.9 Å². The second kappa shape index (κ2) is 8.54. The summed E-state index contributed by atoms with van der Waals surface area (Å²) in [7, 11) is 0. The zero-order chi connectivity index (χ0) is 21.3. The van der Waals surface area contributed by atoms with Crippen LogP contribution in [0, 0.1) is 10.5 Å². The average molecular weight is 525 g/mol. The van der Waals surface area contributed by atoms with Gasteiger partial charge < -0.3 is 10.1 Å². The van der Waals surface area contributed by atoms with Gasteiger partial charge in [0.05, 0.1) is 17.4 Å². The Bertz CT molecular complexity index is 1030. The monoisotopic (exact) mass is 524 g/mol. The normalized spacial score (nSPS) is 14.1. The topological polar surface area (TPSA) is 75.7 Å². The third-order valence-electron chi connectivity index (χ3n) is 4.18. The van der Waals surface area contributed by atoms with Gasteiger partial charge in [0.1, 0.15) is 10.7 Å². The Balaban J connectivity index is 1.83. The summed E-state index contributed by atoms with van der Waals surface area (Å²) >= 11 is 8.36. The molecule has 8 heteroatoms. The first-order chi connectivity index (χ1) is 13.7. The van der Waals surface area contributed by atoms with Crippen LogP contribution in [0.5, 0.6) is 0 Å². The van der Waals surface area contributed by atoms with Crippen molar-refractivity contribution >= 4 is 63.4 Å². The molecule has 0 unspecified atom stereocenters. The molecule has 1 heterocycles. The number of rotatable bonds is 5. The Labute approximate surface area is 187 Å². The minimum atomic E-state index is -0.625. The molecule has 0 atom stereocenters. The van der Waals surface area contributed by atoms with Crippen LogP contribution in [-0.4, -0.2) is 23.9 Å². The van der Waals surface area contributed by atoms with E-state index >= 15 is 0 Å². The summed E-state index contributed by atoms with van der Waals surface area (Å²) < 4.78 is 6.19. The van der Waals surface area contributed by atoms with E-state index in [1.165, 1.54) is 24.3 Å². The Morgan fingerprint density at radius 3 is 2.34 bits per heavy atom. The van der Waals surface area contributed by atoms with Gasteiger partial charge in [-0.15, -0.1) is 0 Å².